The third-order valence-electron chi connectivity index (χ3n) is 6.13. The largest absolute Gasteiger partial charge is 0.494 e. The van der Waals surface area contributed by atoms with Gasteiger partial charge >= 0.3 is 0 Å². The second kappa shape index (κ2) is 9.41. The van der Waals surface area contributed by atoms with Gasteiger partial charge in [-0.2, -0.15) is 0 Å². The van der Waals surface area contributed by atoms with Crippen LogP contribution in [0.2, 0.25) is 0 Å². The number of fused-ring (bicyclic) bond motifs is 1. The number of carbonyl (C=O) groups is 1. The van der Waals surface area contributed by atoms with E-state index in [1.54, 1.807) is 0 Å². The SMILES string of the molecule is Cc1ccc(OCCCCNC(=O)C2(c3ccc4c(c3)OCCO4)CCCC2)cc1. The molecule has 1 heterocycles. The van der Waals surface area contributed by atoms with Gasteiger partial charge in [-0.15, -0.1) is 0 Å². The first kappa shape index (κ1) is 20.6. The van der Waals surface area contributed by atoms with E-state index in [1.807, 2.05) is 30.3 Å². The minimum atomic E-state index is -0.450. The van der Waals surface area contributed by atoms with Gasteiger partial charge in [0.25, 0.3) is 0 Å². The number of amides is 1. The van der Waals surface area contributed by atoms with Gasteiger partial charge in [0.1, 0.15) is 19.0 Å². The molecule has 1 N–H and O–H groups in total. The summed E-state index contributed by atoms with van der Waals surface area (Å²) in [6, 6.07) is 14.1. The standard InChI is InChI=1S/C25H31NO4/c1-19-6-9-21(10-7-19)28-15-5-4-14-26-24(27)25(12-2-3-13-25)20-8-11-22-23(18-20)30-17-16-29-22/h6-11,18H,2-5,12-17H2,1H3,(H,26,27). The molecular formula is C25H31NO4. The Morgan fingerprint density at radius 3 is 2.50 bits per heavy atom. The van der Waals surface area contributed by atoms with Crippen molar-refractivity contribution in [1.29, 1.82) is 0 Å². The molecule has 0 bridgehead atoms. The third-order valence-corrected chi connectivity index (χ3v) is 6.13. The van der Waals surface area contributed by atoms with Crippen LogP contribution in [0.15, 0.2) is 42.5 Å². The Kier molecular flexibility index (Phi) is 6.46. The van der Waals surface area contributed by atoms with Gasteiger partial charge < -0.3 is 19.5 Å². The highest BCUT2D eigenvalue weighted by atomic mass is 16.6. The lowest BCUT2D eigenvalue weighted by Crippen LogP contribution is -2.43. The first-order chi connectivity index (χ1) is 14.7. The maximum Gasteiger partial charge on any atom is 0.230 e. The smallest absolute Gasteiger partial charge is 0.230 e. The number of ether oxygens (including phenoxy) is 3. The van der Waals surface area contributed by atoms with Gasteiger partial charge in [0.2, 0.25) is 5.91 Å². The summed E-state index contributed by atoms with van der Waals surface area (Å²) in [6.07, 6.45) is 5.72. The Bertz CT molecular complexity index is 856. The van der Waals surface area contributed by atoms with E-state index in [-0.39, 0.29) is 5.91 Å². The summed E-state index contributed by atoms with van der Waals surface area (Å²) in [5.74, 6) is 2.56. The topological polar surface area (TPSA) is 56.8 Å². The van der Waals surface area contributed by atoms with Crippen molar-refractivity contribution in [1.82, 2.24) is 5.32 Å². The molecule has 2 aliphatic rings. The molecule has 5 heteroatoms. The fraction of sp³-hybridized carbons (Fsp3) is 0.480. The van der Waals surface area contributed by atoms with Gasteiger partial charge in [-0.3, -0.25) is 4.79 Å². The molecule has 1 aliphatic carbocycles. The number of nitrogens with one attached hydrogen (secondary N) is 1. The molecular weight excluding hydrogens is 378 g/mol. The van der Waals surface area contributed by atoms with Crippen molar-refractivity contribution in [2.45, 2.75) is 50.9 Å². The molecule has 4 rings (SSSR count). The van der Waals surface area contributed by atoms with Crippen LogP contribution < -0.4 is 19.5 Å². The molecule has 1 aliphatic heterocycles. The molecule has 1 fully saturated rings. The number of aryl methyl sites for hydroxylation is 1. The fourth-order valence-corrected chi connectivity index (χ4v) is 4.39. The zero-order valence-corrected chi connectivity index (χ0v) is 17.7. The number of carbonyl (C=O) groups excluding carboxylic acids is 1. The molecule has 2 aromatic carbocycles. The van der Waals surface area contributed by atoms with Crippen molar-refractivity contribution in [3.63, 3.8) is 0 Å². The van der Waals surface area contributed by atoms with E-state index >= 15 is 0 Å². The maximum absolute atomic E-state index is 13.2. The Labute approximate surface area is 178 Å². The summed E-state index contributed by atoms with van der Waals surface area (Å²) < 4.78 is 17.2. The predicted octanol–water partition coefficient (Wildman–Crippen LogP) is 4.55. The van der Waals surface area contributed by atoms with E-state index < -0.39 is 5.41 Å². The monoisotopic (exact) mass is 409 g/mol. The van der Waals surface area contributed by atoms with E-state index in [2.05, 4.69) is 24.4 Å². The summed E-state index contributed by atoms with van der Waals surface area (Å²) >= 11 is 0. The number of hydrogen-bond acceptors (Lipinski definition) is 4. The van der Waals surface area contributed by atoms with Gasteiger partial charge in [0.15, 0.2) is 11.5 Å². The van der Waals surface area contributed by atoms with E-state index in [9.17, 15) is 4.79 Å². The molecule has 0 radical (unpaired) electrons. The Morgan fingerprint density at radius 1 is 1.00 bits per heavy atom. The van der Waals surface area contributed by atoms with Crippen LogP contribution in [0.25, 0.3) is 0 Å². The number of benzene rings is 2. The highest BCUT2D eigenvalue weighted by Crippen LogP contribution is 2.44. The van der Waals surface area contributed by atoms with Crippen LogP contribution in [-0.2, 0) is 10.2 Å². The molecule has 160 valence electrons. The molecule has 0 aromatic heterocycles. The molecule has 0 saturated heterocycles. The zero-order valence-electron chi connectivity index (χ0n) is 17.7. The maximum atomic E-state index is 13.2. The van der Waals surface area contributed by atoms with Crippen molar-refractivity contribution in [2.75, 3.05) is 26.4 Å². The molecule has 1 saturated carbocycles. The summed E-state index contributed by atoms with van der Waals surface area (Å²) in [7, 11) is 0. The van der Waals surface area contributed by atoms with Crippen molar-refractivity contribution in [3.05, 3.63) is 53.6 Å². The second-order valence-corrected chi connectivity index (χ2v) is 8.27. The molecule has 0 unspecified atom stereocenters. The normalized spacial score (nSPS) is 16.8. The van der Waals surface area contributed by atoms with Crippen LogP contribution in [0, 0.1) is 6.92 Å². The number of hydrogen-bond donors (Lipinski definition) is 1. The second-order valence-electron chi connectivity index (χ2n) is 8.27. The molecule has 0 spiro atoms. The van der Waals surface area contributed by atoms with Gasteiger partial charge in [-0.1, -0.05) is 36.6 Å². The van der Waals surface area contributed by atoms with Crippen molar-refractivity contribution in [2.24, 2.45) is 0 Å². The lowest BCUT2D eigenvalue weighted by atomic mass is 9.77. The minimum absolute atomic E-state index is 0.135. The van der Waals surface area contributed by atoms with Crippen LogP contribution in [0.1, 0.15) is 49.7 Å². The quantitative estimate of drug-likeness (QED) is 0.650. The van der Waals surface area contributed by atoms with E-state index in [0.717, 1.165) is 61.3 Å². The summed E-state index contributed by atoms with van der Waals surface area (Å²) in [5.41, 5.74) is 1.82. The average Bonchev–Trinajstić information content (AvgIpc) is 3.28. The van der Waals surface area contributed by atoms with Gasteiger partial charge in [-0.05, 0) is 62.4 Å². The first-order valence-corrected chi connectivity index (χ1v) is 11.1. The van der Waals surface area contributed by atoms with Crippen LogP contribution in [0.5, 0.6) is 17.2 Å². The van der Waals surface area contributed by atoms with Crippen molar-refractivity contribution in [3.8, 4) is 17.2 Å². The Morgan fingerprint density at radius 2 is 1.73 bits per heavy atom. The third kappa shape index (κ3) is 4.55. The lowest BCUT2D eigenvalue weighted by molar-refractivity contribution is -0.126. The zero-order chi connectivity index (χ0) is 20.8. The minimum Gasteiger partial charge on any atom is -0.494 e. The van der Waals surface area contributed by atoms with Gasteiger partial charge in [-0.25, -0.2) is 0 Å². The van der Waals surface area contributed by atoms with Crippen molar-refractivity contribution < 1.29 is 19.0 Å². The Hall–Kier alpha value is -2.69. The lowest BCUT2D eigenvalue weighted by Gasteiger charge is -2.30. The highest BCUT2D eigenvalue weighted by molar-refractivity contribution is 5.88. The molecule has 1 amide bonds. The van der Waals surface area contributed by atoms with E-state index in [4.69, 9.17) is 14.2 Å². The highest BCUT2D eigenvalue weighted by Gasteiger charge is 2.43. The molecule has 30 heavy (non-hydrogen) atoms. The number of unbranched alkanes of at least 4 members (excludes halogenated alkanes) is 1. The summed E-state index contributed by atoms with van der Waals surface area (Å²) in [5, 5.41) is 3.18. The Balaban J connectivity index is 1.29. The fourth-order valence-electron chi connectivity index (χ4n) is 4.39. The van der Waals surface area contributed by atoms with Gasteiger partial charge in [0, 0.05) is 6.54 Å². The van der Waals surface area contributed by atoms with Crippen LogP contribution in [0.4, 0.5) is 0 Å². The van der Waals surface area contributed by atoms with Crippen molar-refractivity contribution >= 4 is 5.91 Å². The average molecular weight is 410 g/mol. The summed E-state index contributed by atoms with van der Waals surface area (Å²) in [6.45, 7) is 4.52. The first-order valence-electron chi connectivity index (χ1n) is 11.1. The number of rotatable bonds is 8. The van der Waals surface area contributed by atoms with E-state index in [1.165, 1.54) is 5.56 Å². The van der Waals surface area contributed by atoms with Gasteiger partial charge in [0.05, 0.1) is 12.0 Å². The molecule has 0 atom stereocenters. The molecule has 5 nitrogen and oxygen atoms in total. The molecule has 2 aromatic rings. The predicted molar refractivity (Wildman–Crippen MR) is 116 cm³/mol. The van der Waals surface area contributed by atoms with Crippen LogP contribution in [-0.4, -0.2) is 32.3 Å². The summed E-state index contributed by atoms with van der Waals surface area (Å²) in [4.78, 5) is 13.2. The van der Waals surface area contributed by atoms with Crippen LogP contribution >= 0.6 is 0 Å². The van der Waals surface area contributed by atoms with Crippen LogP contribution in [0.3, 0.4) is 0 Å². The van der Waals surface area contributed by atoms with E-state index in [0.29, 0.717) is 26.4 Å².